The molecule has 3 fully saturated rings. The van der Waals surface area contributed by atoms with Crippen molar-refractivity contribution in [2.24, 2.45) is 35.5 Å². The van der Waals surface area contributed by atoms with Gasteiger partial charge in [-0.1, -0.05) is 104 Å². The van der Waals surface area contributed by atoms with Crippen LogP contribution in [0.3, 0.4) is 0 Å². The van der Waals surface area contributed by atoms with Crippen molar-refractivity contribution in [2.75, 3.05) is 0 Å². The number of hydrogen-bond acceptors (Lipinski definition) is 1. The second-order valence-electron chi connectivity index (χ2n) is 11.3. The molecule has 0 bridgehead atoms. The Labute approximate surface area is 182 Å². The SMILES string of the molecule is CCCC1CCC(CCC2CCC(CCC3CCC(C(=O)CC)CC3)CC2)CC1. The predicted octanol–water partition coefficient (Wildman–Crippen LogP) is 8.75. The Morgan fingerprint density at radius 3 is 1.14 bits per heavy atom. The van der Waals surface area contributed by atoms with Crippen molar-refractivity contribution < 1.29 is 4.79 Å². The van der Waals surface area contributed by atoms with Crippen LogP contribution < -0.4 is 0 Å². The Hall–Kier alpha value is -0.330. The second-order valence-corrected chi connectivity index (χ2v) is 11.3. The molecule has 0 saturated heterocycles. The first kappa shape index (κ1) is 23.3. The molecule has 3 aliphatic rings. The molecule has 0 N–H and O–H groups in total. The normalized spacial score (nSPS) is 36.1. The summed E-state index contributed by atoms with van der Waals surface area (Å²) >= 11 is 0. The van der Waals surface area contributed by atoms with Crippen LogP contribution in [0, 0.1) is 35.5 Å². The van der Waals surface area contributed by atoms with Gasteiger partial charge in [-0.3, -0.25) is 4.79 Å². The molecule has 0 heterocycles. The van der Waals surface area contributed by atoms with E-state index in [0.717, 1.165) is 36.0 Å². The molecule has 0 radical (unpaired) electrons. The number of hydrogen-bond donors (Lipinski definition) is 0. The molecular weight excluding hydrogens is 352 g/mol. The largest absolute Gasteiger partial charge is 0.299 e. The van der Waals surface area contributed by atoms with Gasteiger partial charge in [0.1, 0.15) is 5.78 Å². The molecule has 0 aliphatic heterocycles. The lowest BCUT2D eigenvalue weighted by Gasteiger charge is -2.33. The number of carbonyl (C=O) groups is 1. The fourth-order valence-corrected chi connectivity index (χ4v) is 7.03. The highest BCUT2D eigenvalue weighted by Gasteiger charge is 2.27. The molecule has 168 valence electrons. The number of rotatable bonds is 10. The summed E-state index contributed by atoms with van der Waals surface area (Å²) in [6.07, 6.45) is 26.8. The number of carbonyl (C=O) groups excluding carboxylic acids is 1. The molecular formula is C28H50O. The third kappa shape index (κ3) is 7.70. The topological polar surface area (TPSA) is 17.1 Å². The number of ketones is 1. The van der Waals surface area contributed by atoms with Crippen LogP contribution in [0.25, 0.3) is 0 Å². The van der Waals surface area contributed by atoms with E-state index in [4.69, 9.17) is 0 Å². The Balaban J connectivity index is 1.23. The van der Waals surface area contributed by atoms with Gasteiger partial charge in [0.05, 0.1) is 0 Å². The lowest BCUT2D eigenvalue weighted by atomic mass is 9.73. The molecule has 0 unspecified atom stereocenters. The van der Waals surface area contributed by atoms with E-state index >= 15 is 0 Å². The van der Waals surface area contributed by atoms with Crippen LogP contribution in [0.5, 0.6) is 0 Å². The maximum atomic E-state index is 11.9. The van der Waals surface area contributed by atoms with Gasteiger partial charge in [0.15, 0.2) is 0 Å². The summed E-state index contributed by atoms with van der Waals surface area (Å²) < 4.78 is 0. The van der Waals surface area contributed by atoms with Gasteiger partial charge in [-0.05, 0) is 55.3 Å². The third-order valence-corrected chi connectivity index (χ3v) is 9.25. The predicted molar refractivity (Wildman–Crippen MR) is 125 cm³/mol. The standard InChI is InChI=1S/C28H50O/c1-3-5-22-6-8-23(9-7-22)10-11-24-12-14-25(15-13-24)16-17-26-18-20-27(21-19-26)28(29)4-2/h22-27H,3-21H2,1-2H3. The summed E-state index contributed by atoms with van der Waals surface area (Å²) in [5, 5.41) is 0. The van der Waals surface area contributed by atoms with Gasteiger partial charge in [-0.25, -0.2) is 0 Å². The first-order valence-corrected chi connectivity index (χ1v) is 13.7. The summed E-state index contributed by atoms with van der Waals surface area (Å²) in [6.45, 7) is 4.38. The van der Waals surface area contributed by atoms with E-state index in [2.05, 4.69) is 6.92 Å². The van der Waals surface area contributed by atoms with E-state index < -0.39 is 0 Å². The molecule has 1 nitrogen and oxygen atoms in total. The molecule has 1 heteroatoms. The monoisotopic (exact) mass is 402 g/mol. The summed E-state index contributed by atoms with van der Waals surface area (Å²) in [6, 6.07) is 0. The summed E-state index contributed by atoms with van der Waals surface area (Å²) in [5.41, 5.74) is 0. The fraction of sp³-hybridized carbons (Fsp3) is 0.964. The molecule has 3 aliphatic carbocycles. The van der Waals surface area contributed by atoms with Crippen molar-refractivity contribution in [3.63, 3.8) is 0 Å². The Kier molecular flexibility index (Phi) is 10.1. The van der Waals surface area contributed by atoms with Crippen molar-refractivity contribution in [2.45, 2.75) is 136 Å². The molecule has 3 saturated carbocycles. The fourth-order valence-electron chi connectivity index (χ4n) is 7.03. The Morgan fingerprint density at radius 2 is 0.828 bits per heavy atom. The molecule has 29 heavy (non-hydrogen) atoms. The third-order valence-electron chi connectivity index (χ3n) is 9.25. The van der Waals surface area contributed by atoms with Crippen LogP contribution >= 0.6 is 0 Å². The van der Waals surface area contributed by atoms with Crippen LogP contribution in [0.15, 0.2) is 0 Å². The van der Waals surface area contributed by atoms with E-state index in [1.807, 2.05) is 6.92 Å². The minimum absolute atomic E-state index is 0.411. The molecule has 0 aromatic heterocycles. The van der Waals surface area contributed by atoms with Crippen molar-refractivity contribution in [1.82, 2.24) is 0 Å². The van der Waals surface area contributed by atoms with Crippen molar-refractivity contribution in [3.05, 3.63) is 0 Å². The maximum absolute atomic E-state index is 11.9. The van der Waals surface area contributed by atoms with Crippen LogP contribution in [0.4, 0.5) is 0 Å². The van der Waals surface area contributed by atoms with Gasteiger partial charge in [0.25, 0.3) is 0 Å². The van der Waals surface area contributed by atoms with Crippen molar-refractivity contribution >= 4 is 5.78 Å². The summed E-state index contributed by atoms with van der Waals surface area (Å²) in [4.78, 5) is 11.9. The van der Waals surface area contributed by atoms with Gasteiger partial charge < -0.3 is 0 Å². The average Bonchev–Trinajstić information content (AvgIpc) is 2.78. The van der Waals surface area contributed by atoms with Gasteiger partial charge >= 0.3 is 0 Å². The lowest BCUT2D eigenvalue weighted by molar-refractivity contribution is -0.123. The van der Waals surface area contributed by atoms with E-state index in [1.54, 1.807) is 0 Å². The second kappa shape index (κ2) is 12.5. The molecule has 0 aromatic rings. The zero-order valence-corrected chi connectivity index (χ0v) is 19.8. The van der Waals surface area contributed by atoms with E-state index in [-0.39, 0.29) is 0 Å². The highest BCUT2D eigenvalue weighted by atomic mass is 16.1. The molecule has 0 amide bonds. The maximum Gasteiger partial charge on any atom is 0.135 e. The Morgan fingerprint density at radius 1 is 0.517 bits per heavy atom. The van der Waals surface area contributed by atoms with Crippen LogP contribution in [0.2, 0.25) is 0 Å². The highest BCUT2D eigenvalue weighted by molar-refractivity contribution is 5.80. The van der Waals surface area contributed by atoms with Crippen LogP contribution in [-0.4, -0.2) is 5.78 Å². The first-order chi connectivity index (χ1) is 14.2. The summed E-state index contributed by atoms with van der Waals surface area (Å²) in [5.74, 6) is 6.06. The molecule has 0 atom stereocenters. The van der Waals surface area contributed by atoms with Crippen molar-refractivity contribution in [1.29, 1.82) is 0 Å². The van der Waals surface area contributed by atoms with Gasteiger partial charge in [0.2, 0.25) is 0 Å². The highest BCUT2D eigenvalue weighted by Crippen LogP contribution is 2.40. The van der Waals surface area contributed by atoms with Crippen molar-refractivity contribution in [3.8, 4) is 0 Å². The smallest absolute Gasteiger partial charge is 0.135 e. The quantitative estimate of drug-likeness (QED) is 0.357. The van der Waals surface area contributed by atoms with Gasteiger partial charge in [0, 0.05) is 12.3 Å². The minimum atomic E-state index is 0.411. The van der Waals surface area contributed by atoms with E-state index in [9.17, 15) is 4.79 Å². The zero-order chi connectivity index (χ0) is 20.5. The molecule has 0 spiro atoms. The number of Topliss-reactive ketones (excluding diaryl/α,β-unsaturated/α-hetero) is 1. The lowest BCUT2D eigenvalue weighted by Crippen LogP contribution is -2.22. The summed E-state index contributed by atoms with van der Waals surface area (Å²) in [7, 11) is 0. The zero-order valence-electron chi connectivity index (χ0n) is 19.8. The van der Waals surface area contributed by atoms with Crippen LogP contribution in [-0.2, 0) is 4.79 Å². The minimum Gasteiger partial charge on any atom is -0.299 e. The molecule has 0 aromatic carbocycles. The van der Waals surface area contributed by atoms with Gasteiger partial charge in [-0.2, -0.15) is 0 Å². The van der Waals surface area contributed by atoms with E-state index in [1.165, 1.54) is 116 Å². The average molecular weight is 403 g/mol. The van der Waals surface area contributed by atoms with Gasteiger partial charge in [-0.15, -0.1) is 0 Å². The van der Waals surface area contributed by atoms with E-state index in [0.29, 0.717) is 11.7 Å². The van der Waals surface area contributed by atoms with Crippen LogP contribution in [0.1, 0.15) is 136 Å². The Bertz CT molecular complexity index is 445. The molecule has 3 rings (SSSR count). The first-order valence-electron chi connectivity index (χ1n) is 13.7.